The highest BCUT2D eigenvalue weighted by Crippen LogP contribution is 2.38. The SMILES string of the molecule is COc1cc(C(=O)NC(=S)NNC(=O)c2cccc([N+](=O)[O-])c2)cc(OC)c1OC. The second kappa shape index (κ2) is 10.0. The maximum absolute atomic E-state index is 12.4. The van der Waals surface area contributed by atoms with E-state index in [0.29, 0.717) is 5.75 Å². The number of methoxy groups -OCH3 is 3. The van der Waals surface area contributed by atoms with Crippen molar-refractivity contribution in [1.82, 2.24) is 16.2 Å². The zero-order valence-corrected chi connectivity index (χ0v) is 17.0. The Morgan fingerprint density at radius 2 is 1.57 bits per heavy atom. The van der Waals surface area contributed by atoms with Gasteiger partial charge in [-0.3, -0.25) is 35.9 Å². The topological polar surface area (TPSA) is 141 Å². The number of nitro groups is 1. The van der Waals surface area contributed by atoms with Gasteiger partial charge >= 0.3 is 0 Å². The van der Waals surface area contributed by atoms with Crippen LogP contribution in [0.2, 0.25) is 0 Å². The first-order valence-electron chi connectivity index (χ1n) is 8.26. The van der Waals surface area contributed by atoms with E-state index < -0.39 is 16.7 Å². The molecule has 2 aromatic carbocycles. The van der Waals surface area contributed by atoms with Crippen LogP contribution in [0.1, 0.15) is 20.7 Å². The van der Waals surface area contributed by atoms with Gasteiger partial charge < -0.3 is 14.2 Å². The number of ether oxygens (including phenoxy) is 3. The molecule has 0 heterocycles. The lowest BCUT2D eigenvalue weighted by molar-refractivity contribution is -0.384. The Morgan fingerprint density at radius 1 is 0.933 bits per heavy atom. The number of rotatable bonds is 6. The summed E-state index contributed by atoms with van der Waals surface area (Å²) in [5, 5.41) is 13.0. The molecule has 3 N–H and O–H groups in total. The van der Waals surface area contributed by atoms with E-state index in [4.69, 9.17) is 26.4 Å². The highest BCUT2D eigenvalue weighted by molar-refractivity contribution is 7.80. The van der Waals surface area contributed by atoms with Crippen LogP contribution in [0, 0.1) is 10.1 Å². The van der Waals surface area contributed by atoms with Crippen molar-refractivity contribution in [2.24, 2.45) is 0 Å². The number of nitro benzene ring substituents is 1. The standard InChI is InChI=1S/C18H18N4O7S/c1-27-13-8-11(9-14(28-2)15(13)29-3)16(23)19-18(30)21-20-17(24)10-5-4-6-12(7-10)22(25)26/h4-9H,1-3H3,(H,20,24)(H2,19,21,23,30). The quantitative estimate of drug-likeness (QED) is 0.351. The highest BCUT2D eigenvalue weighted by atomic mass is 32.1. The van der Waals surface area contributed by atoms with Gasteiger partial charge in [0.1, 0.15) is 0 Å². The molecule has 2 amide bonds. The maximum Gasteiger partial charge on any atom is 0.270 e. The minimum absolute atomic E-state index is 0.0375. The number of hydrogen-bond donors (Lipinski definition) is 3. The van der Waals surface area contributed by atoms with Crippen molar-refractivity contribution >= 4 is 34.8 Å². The van der Waals surface area contributed by atoms with E-state index in [1.807, 2.05) is 0 Å². The summed E-state index contributed by atoms with van der Waals surface area (Å²) >= 11 is 4.98. The molecule has 11 nitrogen and oxygen atoms in total. The van der Waals surface area contributed by atoms with E-state index in [2.05, 4.69) is 16.2 Å². The van der Waals surface area contributed by atoms with Gasteiger partial charge in [0.25, 0.3) is 17.5 Å². The first-order chi connectivity index (χ1) is 14.3. The molecule has 30 heavy (non-hydrogen) atoms. The minimum atomic E-state index is -0.678. The van der Waals surface area contributed by atoms with E-state index >= 15 is 0 Å². The smallest absolute Gasteiger partial charge is 0.270 e. The van der Waals surface area contributed by atoms with Crippen LogP contribution < -0.4 is 30.4 Å². The van der Waals surface area contributed by atoms with Crippen molar-refractivity contribution in [2.75, 3.05) is 21.3 Å². The molecule has 0 aliphatic rings. The molecule has 0 aliphatic heterocycles. The minimum Gasteiger partial charge on any atom is -0.493 e. The van der Waals surface area contributed by atoms with E-state index in [0.717, 1.165) is 6.07 Å². The van der Waals surface area contributed by atoms with Crippen molar-refractivity contribution in [3.63, 3.8) is 0 Å². The third-order valence-corrected chi connectivity index (χ3v) is 3.97. The maximum atomic E-state index is 12.4. The van der Waals surface area contributed by atoms with Gasteiger partial charge in [-0.25, -0.2) is 0 Å². The Kier molecular flexibility index (Phi) is 7.47. The number of carbonyl (C=O) groups excluding carboxylic acids is 2. The fourth-order valence-corrected chi connectivity index (χ4v) is 2.51. The predicted molar refractivity (Wildman–Crippen MR) is 110 cm³/mol. The van der Waals surface area contributed by atoms with Crippen molar-refractivity contribution in [2.45, 2.75) is 0 Å². The number of nitrogens with zero attached hydrogens (tertiary/aromatic N) is 1. The third-order valence-electron chi connectivity index (χ3n) is 3.76. The monoisotopic (exact) mass is 434 g/mol. The molecule has 12 heteroatoms. The number of hydrazine groups is 1. The summed E-state index contributed by atoms with van der Waals surface area (Å²) in [7, 11) is 4.26. The van der Waals surface area contributed by atoms with Crippen LogP contribution in [0.5, 0.6) is 17.2 Å². The molecule has 0 aliphatic carbocycles. The van der Waals surface area contributed by atoms with Gasteiger partial charge in [0.2, 0.25) is 5.75 Å². The fourth-order valence-electron chi connectivity index (χ4n) is 2.37. The van der Waals surface area contributed by atoms with Crippen LogP contribution in [-0.4, -0.2) is 43.2 Å². The average Bonchev–Trinajstić information content (AvgIpc) is 2.76. The second-order valence-electron chi connectivity index (χ2n) is 5.58. The normalized spacial score (nSPS) is 9.83. The summed E-state index contributed by atoms with van der Waals surface area (Å²) in [6, 6.07) is 7.99. The Balaban J connectivity index is 2.03. The van der Waals surface area contributed by atoms with Crippen molar-refractivity contribution < 1.29 is 28.7 Å². The van der Waals surface area contributed by atoms with Crippen LogP contribution in [0.3, 0.4) is 0 Å². The Labute approximate surface area is 176 Å². The zero-order valence-electron chi connectivity index (χ0n) is 16.2. The first-order valence-corrected chi connectivity index (χ1v) is 8.67. The Morgan fingerprint density at radius 3 is 2.10 bits per heavy atom. The summed E-state index contributed by atoms with van der Waals surface area (Å²) in [4.78, 5) is 34.7. The molecule has 0 unspecified atom stereocenters. The lowest BCUT2D eigenvalue weighted by Crippen LogP contribution is -2.48. The van der Waals surface area contributed by atoms with Crippen LogP contribution in [0.4, 0.5) is 5.69 Å². The molecule has 0 atom stereocenters. The summed E-state index contributed by atoms with van der Waals surface area (Å²) in [6.45, 7) is 0. The van der Waals surface area contributed by atoms with Crippen LogP contribution >= 0.6 is 12.2 Å². The summed E-state index contributed by atoms with van der Waals surface area (Å²) in [5.41, 5.74) is 4.57. The average molecular weight is 434 g/mol. The van der Waals surface area contributed by atoms with Gasteiger partial charge in [0.05, 0.1) is 26.3 Å². The van der Waals surface area contributed by atoms with Crippen molar-refractivity contribution in [1.29, 1.82) is 0 Å². The van der Waals surface area contributed by atoms with E-state index in [1.165, 1.54) is 51.7 Å². The molecule has 0 saturated heterocycles. The van der Waals surface area contributed by atoms with E-state index in [9.17, 15) is 19.7 Å². The largest absolute Gasteiger partial charge is 0.493 e. The fraction of sp³-hybridized carbons (Fsp3) is 0.167. The summed E-state index contributed by atoms with van der Waals surface area (Å²) in [6.07, 6.45) is 0. The van der Waals surface area contributed by atoms with Crippen molar-refractivity contribution in [3.8, 4) is 17.2 Å². The highest BCUT2D eigenvalue weighted by Gasteiger charge is 2.18. The van der Waals surface area contributed by atoms with Crippen LogP contribution in [0.25, 0.3) is 0 Å². The van der Waals surface area contributed by atoms with Crippen LogP contribution in [0.15, 0.2) is 36.4 Å². The lowest BCUT2D eigenvalue weighted by Gasteiger charge is -2.15. The number of nitrogens with one attached hydrogen (secondary N) is 3. The first kappa shape index (κ1) is 22.4. The Bertz CT molecular complexity index is 971. The Hall–Kier alpha value is -3.93. The van der Waals surface area contributed by atoms with E-state index in [1.54, 1.807) is 0 Å². The molecule has 0 spiro atoms. The molecule has 0 fully saturated rings. The molecule has 158 valence electrons. The van der Waals surface area contributed by atoms with Gasteiger partial charge in [0, 0.05) is 23.3 Å². The second-order valence-corrected chi connectivity index (χ2v) is 5.99. The molecule has 0 saturated carbocycles. The van der Waals surface area contributed by atoms with Gasteiger partial charge in [-0.1, -0.05) is 6.07 Å². The third kappa shape index (κ3) is 5.32. The van der Waals surface area contributed by atoms with Gasteiger partial charge in [-0.15, -0.1) is 0 Å². The number of amides is 2. The van der Waals surface area contributed by atoms with E-state index in [-0.39, 0.29) is 33.4 Å². The van der Waals surface area contributed by atoms with Gasteiger partial charge in [-0.2, -0.15) is 0 Å². The molecular formula is C18H18N4O7S. The molecule has 0 aromatic heterocycles. The predicted octanol–water partition coefficient (Wildman–Crippen LogP) is 1.57. The number of benzene rings is 2. The number of carbonyl (C=O) groups is 2. The van der Waals surface area contributed by atoms with Crippen LogP contribution in [-0.2, 0) is 0 Å². The molecule has 2 rings (SSSR count). The molecular weight excluding hydrogens is 416 g/mol. The number of hydrogen-bond acceptors (Lipinski definition) is 8. The van der Waals surface area contributed by atoms with Gasteiger partial charge in [-0.05, 0) is 30.4 Å². The number of thiocarbonyl (C=S) groups is 1. The van der Waals surface area contributed by atoms with Crippen molar-refractivity contribution in [3.05, 3.63) is 57.6 Å². The summed E-state index contributed by atoms with van der Waals surface area (Å²) in [5.74, 6) is -0.402. The number of non-ortho nitro benzene ring substituents is 1. The zero-order chi connectivity index (χ0) is 22.3. The summed E-state index contributed by atoms with van der Waals surface area (Å²) < 4.78 is 15.6. The van der Waals surface area contributed by atoms with Gasteiger partial charge in [0.15, 0.2) is 16.6 Å². The molecule has 2 aromatic rings. The molecule has 0 radical (unpaired) electrons. The lowest BCUT2D eigenvalue weighted by atomic mass is 10.1. The molecule has 0 bridgehead atoms.